The Bertz CT molecular complexity index is 501. The molecule has 1 saturated heterocycles. The average Bonchev–Trinajstić information content (AvgIpc) is 2.41. The quantitative estimate of drug-likeness (QED) is 0.900. The van der Waals surface area contributed by atoms with E-state index in [1.165, 1.54) is 12.1 Å². The van der Waals surface area contributed by atoms with Crippen LogP contribution in [0.4, 0.5) is 4.39 Å². The van der Waals surface area contributed by atoms with Gasteiger partial charge in [0.2, 0.25) is 11.8 Å². The van der Waals surface area contributed by atoms with Crippen LogP contribution in [-0.2, 0) is 16.1 Å². The fourth-order valence-electron chi connectivity index (χ4n) is 2.12. The van der Waals surface area contributed by atoms with Crippen molar-refractivity contribution in [3.8, 4) is 0 Å². The van der Waals surface area contributed by atoms with Gasteiger partial charge in [-0.3, -0.25) is 9.59 Å². The van der Waals surface area contributed by atoms with Crippen molar-refractivity contribution >= 4 is 27.7 Å². The van der Waals surface area contributed by atoms with Crippen molar-refractivity contribution in [3.63, 3.8) is 0 Å². The number of hydrogen-bond acceptors (Lipinski definition) is 2. The summed E-state index contributed by atoms with van der Waals surface area (Å²) in [7, 11) is 0. The molecule has 0 saturated carbocycles. The summed E-state index contributed by atoms with van der Waals surface area (Å²) in [5.41, 5.74) is 0.696. The summed E-state index contributed by atoms with van der Waals surface area (Å²) in [4.78, 5) is 24.9. The van der Waals surface area contributed by atoms with Crippen LogP contribution in [0.3, 0.4) is 0 Å². The van der Waals surface area contributed by atoms with Crippen LogP contribution in [0, 0.1) is 5.82 Å². The molecule has 4 nitrogen and oxygen atoms in total. The molecule has 1 aromatic rings. The van der Waals surface area contributed by atoms with Crippen molar-refractivity contribution in [2.45, 2.75) is 25.9 Å². The minimum Gasteiger partial charge on any atom is -0.347 e. The molecular weight excluding hydrogens is 315 g/mol. The maximum atomic E-state index is 13.3. The van der Waals surface area contributed by atoms with Crippen molar-refractivity contribution in [1.29, 1.82) is 0 Å². The van der Waals surface area contributed by atoms with E-state index in [0.717, 1.165) is 0 Å². The second-order valence-corrected chi connectivity index (χ2v) is 5.54. The van der Waals surface area contributed by atoms with Gasteiger partial charge in [0.1, 0.15) is 5.82 Å². The molecule has 0 bridgehead atoms. The van der Waals surface area contributed by atoms with E-state index in [1.54, 1.807) is 11.0 Å². The molecule has 0 aliphatic carbocycles. The van der Waals surface area contributed by atoms with E-state index in [4.69, 9.17) is 0 Å². The molecule has 6 heteroatoms. The molecule has 1 aliphatic heterocycles. The van der Waals surface area contributed by atoms with E-state index in [9.17, 15) is 14.0 Å². The zero-order valence-corrected chi connectivity index (χ0v) is 12.0. The molecule has 0 aromatic heterocycles. The van der Waals surface area contributed by atoms with Gasteiger partial charge in [-0.05, 0) is 30.7 Å². The predicted octanol–water partition coefficient (Wildman–Crippen LogP) is 1.83. The van der Waals surface area contributed by atoms with Gasteiger partial charge in [0.15, 0.2) is 0 Å². The van der Waals surface area contributed by atoms with E-state index >= 15 is 0 Å². The van der Waals surface area contributed by atoms with Crippen LogP contribution in [0.5, 0.6) is 0 Å². The first-order valence-electron chi connectivity index (χ1n) is 5.97. The number of halogens is 2. The van der Waals surface area contributed by atoms with Gasteiger partial charge in [-0.25, -0.2) is 4.39 Å². The third-order valence-electron chi connectivity index (χ3n) is 3.05. The molecule has 1 fully saturated rings. The molecule has 2 rings (SSSR count). The molecule has 0 spiro atoms. The zero-order valence-electron chi connectivity index (χ0n) is 10.5. The van der Waals surface area contributed by atoms with Crippen LogP contribution >= 0.6 is 15.9 Å². The molecule has 102 valence electrons. The number of hydrogen-bond donors (Lipinski definition) is 1. The first-order valence-corrected chi connectivity index (χ1v) is 6.76. The molecular formula is C13H14BrFN2O2. The van der Waals surface area contributed by atoms with Crippen molar-refractivity contribution in [3.05, 3.63) is 34.1 Å². The van der Waals surface area contributed by atoms with Gasteiger partial charge in [-0.2, -0.15) is 0 Å². The number of nitrogens with one attached hydrogen (secondary N) is 1. The molecule has 19 heavy (non-hydrogen) atoms. The van der Waals surface area contributed by atoms with E-state index in [0.29, 0.717) is 16.6 Å². The summed E-state index contributed by atoms with van der Waals surface area (Å²) in [5, 5.41) is 2.55. The van der Waals surface area contributed by atoms with Crippen LogP contribution in [0.25, 0.3) is 0 Å². The summed E-state index contributed by atoms with van der Waals surface area (Å²) in [6.07, 6.45) is 0.266. The maximum Gasteiger partial charge on any atom is 0.242 e. The summed E-state index contributed by atoms with van der Waals surface area (Å²) in [6, 6.07) is 4.33. The third kappa shape index (κ3) is 3.53. The summed E-state index contributed by atoms with van der Waals surface area (Å²) < 4.78 is 14.0. The van der Waals surface area contributed by atoms with Crippen LogP contribution in [0.2, 0.25) is 0 Å². The van der Waals surface area contributed by atoms with Gasteiger partial charge < -0.3 is 10.2 Å². The SMILES string of the molecule is CC1CC(=O)NCC(=O)N1Cc1cc(F)cc(Br)c1. The normalized spacial score (nSPS) is 20.2. The lowest BCUT2D eigenvalue weighted by Gasteiger charge is -2.26. The van der Waals surface area contributed by atoms with E-state index in [1.807, 2.05) is 6.92 Å². The Morgan fingerprint density at radius 3 is 2.84 bits per heavy atom. The van der Waals surface area contributed by atoms with Crippen LogP contribution in [0.15, 0.2) is 22.7 Å². The molecule has 1 N–H and O–H groups in total. The average molecular weight is 329 g/mol. The smallest absolute Gasteiger partial charge is 0.242 e. The van der Waals surface area contributed by atoms with Crippen LogP contribution < -0.4 is 5.32 Å². The lowest BCUT2D eigenvalue weighted by atomic mass is 10.1. The third-order valence-corrected chi connectivity index (χ3v) is 3.50. The topological polar surface area (TPSA) is 49.4 Å². The number of carbonyl (C=O) groups is 2. The largest absolute Gasteiger partial charge is 0.347 e. The standard InChI is InChI=1S/C13H14BrFN2O2/c1-8-2-12(18)16-6-13(19)17(8)7-9-3-10(14)5-11(15)4-9/h3-5,8H,2,6-7H2,1H3,(H,16,18). The highest BCUT2D eigenvalue weighted by atomic mass is 79.9. The Kier molecular flexibility index (Phi) is 4.19. The minimum atomic E-state index is -0.353. The monoisotopic (exact) mass is 328 g/mol. The highest BCUT2D eigenvalue weighted by molar-refractivity contribution is 9.10. The molecule has 1 heterocycles. The van der Waals surface area contributed by atoms with E-state index in [-0.39, 0.29) is 36.6 Å². The second-order valence-electron chi connectivity index (χ2n) is 4.63. The van der Waals surface area contributed by atoms with Gasteiger partial charge in [-0.1, -0.05) is 15.9 Å². The number of benzene rings is 1. The first kappa shape index (κ1) is 14.0. The van der Waals surface area contributed by atoms with Crippen LogP contribution in [0.1, 0.15) is 18.9 Å². The Labute approximate surface area is 119 Å². The van der Waals surface area contributed by atoms with Crippen molar-refractivity contribution in [1.82, 2.24) is 10.2 Å². The fraction of sp³-hybridized carbons (Fsp3) is 0.385. The van der Waals surface area contributed by atoms with Crippen LogP contribution in [-0.4, -0.2) is 29.3 Å². The molecule has 1 aromatic carbocycles. The van der Waals surface area contributed by atoms with Crippen molar-refractivity contribution in [2.75, 3.05) is 6.54 Å². The van der Waals surface area contributed by atoms with Gasteiger partial charge in [0.25, 0.3) is 0 Å². The fourth-order valence-corrected chi connectivity index (χ4v) is 2.63. The highest BCUT2D eigenvalue weighted by Crippen LogP contribution is 2.18. The summed E-state index contributed by atoms with van der Waals surface area (Å²) in [5.74, 6) is -0.643. The summed E-state index contributed by atoms with van der Waals surface area (Å²) in [6.45, 7) is 2.11. The number of carbonyl (C=O) groups excluding carboxylic acids is 2. The molecule has 2 amide bonds. The van der Waals surface area contributed by atoms with Gasteiger partial charge >= 0.3 is 0 Å². The van der Waals surface area contributed by atoms with E-state index < -0.39 is 0 Å². The Morgan fingerprint density at radius 2 is 2.16 bits per heavy atom. The Hall–Kier alpha value is -1.43. The summed E-state index contributed by atoms with van der Waals surface area (Å²) >= 11 is 3.22. The Balaban J connectivity index is 2.19. The predicted molar refractivity (Wildman–Crippen MR) is 71.7 cm³/mol. The van der Waals surface area contributed by atoms with Gasteiger partial charge in [0, 0.05) is 23.5 Å². The second kappa shape index (κ2) is 5.69. The van der Waals surface area contributed by atoms with E-state index in [2.05, 4.69) is 21.2 Å². The zero-order chi connectivity index (χ0) is 14.0. The lowest BCUT2D eigenvalue weighted by molar-refractivity contribution is -0.132. The molecule has 1 unspecified atom stereocenters. The maximum absolute atomic E-state index is 13.3. The molecule has 1 aliphatic rings. The lowest BCUT2D eigenvalue weighted by Crippen LogP contribution is -2.39. The highest BCUT2D eigenvalue weighted by Gasteiger charge is 2.26. The number of nitrogens with zero attached hydrogens (tertiary/aromatic N) is 1. The van der Waals surface area contributed by atoms with Crippen molar-refractivity contribution in [2.24, 2.45) is 0 Å². The Morgan fingerprint density at radius 1 is 1.42 bits per heavy atom. The molecule has 1 atom stereocenters. The van der Waals surface area contributed by atoms with Gasteiger partial charge in [-0.15, -0.1) is 0 Å². The van der Waals surface area contributed by atoms with Gasteiger partial charge in [0.05, 0.1) is 6.54 Å². The van der Waals surface area contributed by atoms with Crippen molar-refractivity contribution < 1.29 is 14.0 Å². The number of rotatable bonds is 2. The first-order chi connectivity index (χ1) is 8.95. The number of amides is 2. The minimum absolute atomic E-state index is 0.000339. The molecule has 0 radical (unpaired) electrons.